The number of aliphatic hydroxyl groups excluding tert-OH is 2. The average Bonchev–Trinajstić information content (AvgIpc) is 4.26. The maximum absolute atomic E-state index is 13.9. The van der Waals surface area contributed by atoms with Gasteiger partial charge in [-0.2, -0.15) is 15.0 Å². The first-order valence-electron chi connectivity index (χ1n) is 23.0. The number of nitrogens with one attached hydrogen (secondary N) is 2. The molecule has 0 aliphatic carbocycles. The fraction of sp³-hybridized carbons (Fsp3) is 0.553. The average molecular weight is 1150 g/mol. The van der Waals surface area contributed by atoms with Crippen LogP contribution in [0.15, 0.2) is 61.0 Å². The molecule has 0 amide bonds. The first-order chi connectivity index (χ1) is 36.3. The first kappa shape index (κ1) is 56.0. The van der Waals surface area contributed by atoms with Crippen molar-refractivity contribution in [1.82, 2.24) is 48.2 Å². The largest absolute Gasteiger partial charge is 0.472 e. The van der Waals surface area contributed by atoms with E-state index in [-0.39, 0.29) is 53.6 Å². The Bertz CT molecular complexity index is 3460. The number of H-pyrrole nitrogens is 2. The van der Waals surface area contributed by atoms with Gasteiger partial charge in [0.1, 0.15) is 79.3 Å². The van der Waals surface area contributed by atoms with Crippen molar-refractivity contribution >= 4 is 52.2 Å². The molecule has 0 spiro atoms. The molecule has 4 aliphatic rings. The third-order valence-corrected chi connectivity index (χ3v) is 15.5. The molecule has 13 N–H and O–H groups in total. The maximum atomic E-state index is 13.9. The summed E-state index contributed by atoms with van der Waals surface area (Å²) in [6.45, 7) is -2.06. The summed E-state index contributed by atoms with van der Waals surface area (Å²) in [6.07, 6.45) is -12.9. The van der Waals surface area contributed by atoms with Gasteiger partial charge in [-0.05, 0) is 19.1 Å². The third kappa shape index (κ3) is 12.8. The molecule has 15 unspecified atom stereocenters. The Hall–Kier alpha value is -5.72. The van der Waals surface area contributed by atoms with Crippen LogP contribution in [0.4, 0.5) is 17.6 Å². The van der Waals surface area contributed by atoms with Crippen molar-refractivity contribution in [2.45, 2.75) is 106 Å². The lowest BCUT2D eigenvalue weighted by Gasteiger charge is -2.25. The lowest BCUT2D eigenvalue weighted by atomic mass is 10.2. The van der Waals surface area contributed by atoms with Gasteiger partial charge in [0, 0.05) is 49.8 Å². The minimum absolute atomic E-state index is 0.0461. The fourth-order valence-electron chi connectivity index (χ4n) is 8.80. The Kier molecular flexibility index (Phi) is 16.1. The molecule has 39 heteroatoms. The van der Waals surface area contributed by atoms with Crippen LogP contribution < -0.4 is 45.4 Å². The number of phosphoric ester groups is 3. The summed E-state index contributed by atoms with van der Waals surface area (Å²) < 4.78 is 101. The number of aliphatic hydroxyl groups is 2. The minimum Gasteiger partial charge on any atom is -0.394 e. The standard InChI is InChI=1S/C38H50N13O23P3/c1-16-10-50(38(58)47-33(16)54)29-8-19(23(70-29)13-66-76(61,62)72-18-7-28(68-21(18)11-52)49-5-3-26(40)44-37(49)57)73-77(63,64)67-14-24-20(9-30(71-24)51-15-42-31-32(51)45-35(41)46-34(31)55)74-75(59,60)65-12-22-17(53)6-27(69-22)48-4-2-25(39)43-36(48)56/h2-5,10,15,17-24,27-30,52-53H,6-9,11-14H2,1H3,(H,59,60)(H,61,62)(H,63,64)(H2,39,43,56)(H2,40,44,57)(H,47,54,58)(H3,41,45,46,55). The molecule has 77 heavy (non-hydrogen) atoms. The molecular formula is C38H50N13O23P3. The monoisotopic (exact) mass is 1150 g/mol. The summed E-state index contributed by atoms with van der Waals surface area (Å²) >= 11 is 0. The third-order valence-electron chi connectivity index (χ3n) is 12.5. The number of rotatable bonds is 20. The van der Waals surface area contributed by atoms with E-state index in [0.29, 0.717) is 0 Å². The highest BCUT2D eigenvalue weighted by Gasteiger charge is 2.48. The molecule has 0 bridgehead atoms. The number of aromatic nitrogens is 10. The second-order valence-corrected chi connectivity index (χ2v) is 22.0. The summed E-state index contributed by atoms with van der Waals surface area (Å²) in [4.78, 5) is 115. The molecule has 15 atom stereocenters. The Morgan fingerprint density at radius 3 is 1.61 bits per heavy atom. The van der Waals surface area contributed by atoms with Gasteiger partial charge in [-0.15, -0.1) is 0 Å². The SMILES string of the molecule is Cc1cn(C2CC(OP(=O)(O)OCC3OC(n4cnc5c(=O)[nH]c(N)nc54)CC3OP(=O)(O)OCC3OC(n4ccc(N)nc4=O)CC3O)C(COP(=O)(O)OC3CC(n4ccc(N)nc4=O)OC3CO)O2)c(=O)[nH]c1=O. The van der Waals surface area contributed by atoms with E-state index in [2.05, 4.69) is 29.9 Å². The zero-order chi connectivity index (χ0) is 55.3. The predicted molar refractivity (Wildman–Crippen MR) is 254 cm³/mol. The smallest absolute Gasteiger partial charge is 0.394 e. The van der Waals surface area contributed by atoms with E-state index in [4.69, 9.17) is 63.3 Å². The van der Waals surface area contributed by atoms with Crippen LogP contribution in [0, 0.1) is 6.92 Å². The highest BCUT2D eigenvalue weighted by Crippen LogP contribution is 2.53. The first-order valence-corrected chi connectivity index (χ1v) is 27.4. The highest BCUT2D eigenvalue weighted by atomic mass is 31.2. The highest BCUT2D eigenvalue weighted by molar-refractivity contribution is 7.48. The summed E-state index contributed by atoms with van der Waals surface area (Å²) in [6, 6.07) is 2.62. The van der Waals surface area contributed by atoms with Crippen LogP contribution in [0.25, 0.3) is 11.2 Å². The number of nitrogens with zero attached hydrogens (tertiary/aromatic N) is 8. The maximum Gasteiger partial charge on any atom is 0.472 e. The molecule has 0 aromatic carbocycles. The number of nitrogen functional groups attached to an aromatic ring is 3. The van der Waals surface area contributed by atoms with Crippen molar-refractivity contribution in [3.63, 3.8) is 0 Å². The van der Waals surface area contributed by atoms with Crippen molar-refractivity contribution in [3.8, 4) is 0 Å². The van der Waals surface area contributed by atoms with Gasteiger partial charge < -0.3 is 61.0 Å². The molecule has 4 fully saturated rings. The minimum atomic E-state index is -5.41. The van der Waals surface area contributed by atoms with Crippen molar-refractivity contribution in [2.24, 2.45) is 0 Å². The number of hydrogen-bond donors (Lipinski definition) is 10. The molecule has 0 radical (unpaired) electrons. The Morgan fingerprint density at radius 1 is 0.636 bits per heavy atom. The van der Waals surface area contributed by atoms with E-state index in [1.165, 1.54) is 36.0 Å². The van der Waals surface area contributed by atoms with E-state index in [9.17, 15) is 62.6 Å². The van der Waals surface area contributed by atoms with Crippen LogP contribution in [-0.4, -0.2) is 148 Å². The molecule has 9 heterocycles. The zero-order valence-electron chi connectivity index (χ0n) is 39.8. The van der Waals surface area contributed by atoms with Crippen molar-refractivity contribution in [3.05, 3.63) is 94.8 Å². The van der Waals surface area contributed by atoms with E-state index < -0.39 is 158 Å². The molecule has 4 aliphatic heterocycles. The number of imidazole rings is 1. The molecular weight excluding hydrogens is 1100 g/mol. The fourth-order valence-corrected chi connectivity index (χ4v) is 11.7. The summed E-state index contributed by atoms with van der Waals surface area (Å²) in [5.41, 5.74) is 12.6. The summed E-state index contributed by atoms with van der Waals surface area (Å²) in [7, 11) is -15.8. The Labute approximate surface area is 429 Å². The van der Waals surface area contributed by atoms with Crippen LogP contribution in [0.3, 0.4) is 0 Å². The Balaban J connectivity index is 0.898. The molecule has 9 rings (SSSR count). The second-order valence-electron chi connectivity index (χ2n) is 17.8. The van der Waals surface area contributed by atoms with E-state index in [1.54, 1.807) is 0 Å². The summed E-state index contributed by atoms with van der Waals surface area (Å²) in [5.74, 6) is -0.464. The van der Waals surface area contributed by atoms with Gasteiger partial charge in [0.2, 0.25) is 5.95 Å². The number of aryl methyl sites for hydroxylation is 1. The topological polar surface area (TPSA) is 511 Å². The van der Waals surface area contributed by atoms with Crippen LogP contribution >= 0.6 is 23.5 Å². The molecule has 5 aromatic heterocycles. The number of fused-ring (bicyclic) bond motifs is 1. The predicted octanol–water partition coefficient (Wildman–Crippen LogP) is -2.75. The van der Waals surface area contributed by atoms with Crippen molar-refractivity contribution < 1.29 is 84.7 Å². The number of ether oxygens (including phenoxy) is 4. The second kappa shape index (κ2) is 22.2. The molecule has 0 saturated carbocycles. The summed E-state index contributed by atoms with van der Waals surface area (Å²) in [5, 5.41) is 20.7. The lowest BCUT2D eigenvalue weighted by Crippen LogP contribution is -2.33. The van der Waals surface area contributed by atoms with Crippen LogP contribution in [-0.2, 0) is 59.8 Å². The van der Waals surface area contributed by atoms with Crippen molar-refractivity contribution in [1.29, 1.82) is 0 Å². The van der Waals surface area contributed by atoms with Gasteiger partial charge in [-0.1, -0.05) is 0 Å². The van der Waals surface area contributed by atoms with Gasteiger partial charge in [-0.3, -0.25) is 65.0 Å². The van der Waals surface area contributed by atoms with E-state index in [0.717, 1.165) is 26.2 Å². The van der Waals surface area contributed by atoms with Crippen LogP contribution in [0.2, 0.25) is 0 Å². The molecule has 4 saturated heterocycles. The number of nitrogens with two attached hydrogens (primary N) is 3. The van der Waals surface area contributed by atoms with Crippen LogP contribution in [0.1, 0.15) is 56.2 Å². The van der Waals surface area contributed by atoms with E-state index in [1.807, 2.05) is 0 Å². The number of phosphoric acid groups is 3. The van der Waals surface area contributed by atoms with Gasteiger partial charge >= 0.3 is 40.5 Å². The van der Waals surface area contributed by atoms with Gasteiger partial charge in [0.05, 0.1) is 38.9 Å². The normalized spacial score (nSPS) is 29.9. The molecule has 420 valence electrons. The lowest BCUT2D eigenvalue weighted by molar-refractivity contribution is -0.0633. The quantitative estimate of drug-likeness (QED) is 0.0353. The van der Waals surface area contributed by atoms with Gasteiger partial charge in [0.25, 0.3) is 11.1 Å². The number of hydrogen-bond acceptors (Lipinski definition) is 27. The molecule has 5 aromatic rings. The zero-order valence-corrected chi connectivity index (χ0v) is 42.5. The Morgan fingerprint density at radius 2 is 1.09 bits per heavy atom. The van der Waals surface area contributed by atoms with E-state index >= 15 is 0 Å². The van der Waals surface area contributed by atoms with Gasteiger partial charge in [0.15, 0.2) is 11.2 Å². The molecule has 36 nitrogen and oxygen atoms in total. The number of aromatic amines is 2. The number of anilines is 3. The van der Waals surface area contributed by atoms with Crippen molar-refractivity contribution in [2.75, 3.05) is 43.6 Å². The van der Waals surface area contributed by atoms with Crippen LogP contribution in [0.5, 0.6) is 0 Å². The van der Waals surface area contributed by atoms with Gasteiger partial charge in [-0.25, -0.2) is 33.1 Å².